The van der Waals surface area contributed by atoms with E-state index in [1.54, 1.807) is 0 Å². The fourth-order valence-electron chi connectivity index (χ4n) is 0.820. The number of thioether (sulfide) groups is 1. The van der Waals surface area contributed by atoms with Gasteiger partial charge in [0.25, 0.3) is 0 Å². The van der Waals surface area contributed by atoms with Crippen LogP contribution in [-0.4, -0.2) is 48.8 Å². The topological polar surface area (TPSA) is 23.5 Å². The first-order valence-electron chi connectivity index (χ1n) is 4.50. The minimum atomic E-state index is 0.320. The van der Waals surface area contributed by atoms with Gasteiger partial charge in [-0.25, -0.2) is 0 Å². The molecule has 0 rings (SSSR count). The molecule has 0 aliphatic carbocycles. The van der Waals surface area contributed by atoms with E-state index in [4.69, 9.17) is 5.11 Å². The molecule has 0 aromatic rings. The van der Waals surface area contributed by atoms with E-state index in [9.17, 15) is 0 Å². The highest BCUT2D eigenvalue weighted by molar-refractivity contribution is 7.99. The van der Waals surface area contributed by atoms with Gasteiger partial charge in [-0.2, -0.15) is 11.8 Å². The number of aliphatic hydroxyl groups is 1. The van der Waals surface area contributed by atoms with Gasteiger partial charge in [0.15, 0.2) is 0 Å². The van der Waals surface area contributed by atoms with Crippen LogP contribution in [0, 0.1) is 5.92 Å². The Bertz CT molecular complexity index is 98.5. The van der Waals surface area contributed by atoms with Crippen LogP contribution >= 0.6 is 11.8 Å². The first-order chi connectivity index (χ1) is 5.66. The third-order valence-electron chi connectivity index (χ3n) is 1.61. The van der Waals surface area contributed by atoms with Crippen LogP contribution in [0.1, 0.15) is 13.3 Å². The summed E-state index contributed by atoms with van der Waals surface area (Å²) in [5, 5.41) is 8.76. The summed E-state index contributed by atoms with van der Waals surface area (Å²) in [6.07, 6.45) is 1.25. The second kappa shape index (κ2) is 7.90. The molecule has 0 aromatic carbocycles. The van der Waals surface area contributed by atoms with E-state index in [2.05, 4.69) is 25.9 Å². The zero-order chi connectivity index (χ0) is 9.40. The van der Waals surface area contributed by atoms with Gasteiger partial charge in [0, 0.05) is 6.61 Å². The highest BCUT2D eigenvalue weighted by atomic mass is 32.2. The van der Waals surface area contributed by atoms with Crippen molar-refractivity contribution in [1.82, 2.24) is 4.90 Å². The lowest BCUT2D eigenvalue weighted by atomic mass is 10.2. The van der Waals surface area contributed by atoms with E-state index >= 15 is 0 Å². The Balaban J connectivity index is 3.00. The Labute approximate surface area is 80.3 Å². The van der Waals surface area contributed by atoms with Crippen molar-refractivity contribution in [3.05, 3.63) is 0 Å². The number of nitrogens with zero attached hydrogens (tertiary/aromatic N) is 1. The van der Waals surface area contributed by atoms with Crippen LogP contribution in [0.15, 0.2) is 0 Å². The number of hydrogen-bond acceptors (Lipinski definition) is 3. The molecule has 0 spiro atoms. The summed E-state index contributed by atoms with van der Waals surface area (Å²) in [7, 11) is 4.20. The van der Waals surface area contributed by atoms with Crippen molar-refractivity contribution in [2.75, 3.05) is 38.8 Å². The molecule has 12 heavy (non-hydrogen) atoms. The second-order valence-corrected chi connectivity index (χ2v) is 4.67. The fourth-order valence-corrected chi connectivity index (χ4v) is 1.83. The molecule has 0 saturated heterocycles. The fraction of sp³-hybridized carbons (Fsp3) is 1.00. The third kappa shape index (κ3) is 8.37. The van der Waals surface area contributed by atoms with Gasteiger partial charge in [0.05, 0.1) is 0 Å². The molecular formula is C9H21NOS. The summed E-state index contributed by atoms with van der Waals surface area (Å²) >= 11 is 1.94. The molecule has 0 amide bonds. The zero-order valence-corrected chi connectivity index (χ0v) is 9.23. The molecule has 74 valence electrons. The molecule has 0 heterocycles. The second-order valence-electron chi connectivity index (χ2n) is 3.52. The van der Waals surface area contributed by atoms with Gasteiger partial charge in [-0.05, 0) is 44.5 Å². The lowest BCUT2D eigenvalue weighted by Crippen LogP contribution is -2.13. The summed E-state index contributed by atoms with van der Waals surface area (Å²) in [5.74, 6) is 2.75. The Morgan fingerprint density at radius 1 is 1.42 bits per heavy atom. The van der Waals surface area contributed by atoms with Gasteiger partial charge in [0.2, 0.25) is 0 Å². The molecule has 2 nitrogen and oxygen atoms in total. The van der Waals surface area contributed by atoms with Crippen molar-refractivity contribution in [2.45, 2.75) is 13.3 Å². The largest absolute Gasteiger partial charge is 0.396 e. The van der Waals surface area contributed by atoms with Crippen molar-refractivity contribution in [2.24, 2.45) is 5.92 Å². The van der Waals surface area contributed by atoms with Crippen molar-refractivity contribution in [3.63, 3.8) is 0 Å². The average Bonchev–Trinajstić information content (AvgIpc) is 2.03. The molecule has 3 heteroatoms. The van der Waals surface area contributed by atoms with Gasteiger partial charge in [-0.15, -0.1) is 0 Å². The highest BCUT2D eigenvalue weighted by Crippen LogP contribution is 2.08. The molecule has 0 aliphatic heterocycles. The van der Waals surface area contributed by atoms with Crippen LogP contribution in [0.5, 0.6) is 0 Å². The van der Waals surface area contributed by atoms with Crippen molar-refractivity contribution < 1.29 is 5.11 Å². The molecule has 0 radical (unpaired) electrons. The standard InChI is InChI=1S/C9H21NOS/c1-9(7-11)8-12-6-4-5-10(2)3/h9,11H,4-8H2,1-3H3. The lowest BCUT2D eigenvalue weighted by Gasteiger charge is -2.10. The van der Waals surface area contributed by atoms with Crippen LogP contribution in [-0.2, 0) is 0 Å². The van der Waals surface area contributed by atoms with Crippen LogP contribution in [0.2, 0.25) is 0 Å². The van der Waals surface area contributed by atoms with E-state index in [0.29, 0.717) is 12.5 Å². The predicted molar refractivity (Wildman–Crippen MR) is 56.7 cm³/mol. The van der Waals surface area contributed by atoms with Crippen LogP contribution in [0.4, 0.5) is 0 Å². The van der Waals surface area contributed by atoms with E-state index < -0.39 is 0 Å². The molecule has 0 aliphatic rings. The van der Waals surface area contributed by atoms with E-state index in [-0.39, 0.29) is 0 Å². The maximum atomic E-state index is 8.76. The molecule has 1 N–H and O–H groups in total. The summed E-state index contributed by atoms with van der Waals surface area (Å²) in [4.78, 5) is 2.20. The third-order valence-corrected chi connectivity index (χ3v) is 2.99. The summed E-state index contributed by atoms with van der Waals surface area (Å²) in [5.41, 5.74) is 0. The lowest BCUT2D eigenvalue weighted by molar-refractivity contribution is 0.250. The minimum absolute atomic E-state index is 0.320. The van der Waals surface area contributed by atoms with Gasteiger partial charge in [-0.1, -0.05) is 6.92 Å². The summed E-state index contributed by atoms with van der Waals surface area (Å²) in [6.45, 7) is 3.57. The SMILES string of the molecule is CC(CO)CSCCCN(C)C. The van der Waals surface area contributed by atoms with Gasteiger partial charge in [-0.3, -0.25) is 0 Å². The summed E-state index contributed by atoms with van der Waals surface area (Å²) < 4.78 is 0. The van der Waals surface area contributed by atoms with Crippen LogP contribution < -0.4 is 0 Å². The van der Waals surface area contributed by atoms with Crippen molar-refractivity contribution in [3.8, 4) is 0 Å². The Morgan fingerprint density at radius 3 is 2.58 bits per heavy atom. The first-order valence-corrected chi connectivity index (χ1v) is 5.65. The number of hydrogen-bond donors (Lipinski definition) is 1. The van der Waals surface area contributed by atoms with Crippen molar-refractivity contribution in [1.29, 1.82) is 0 Å². The molecule has 1 atom stereocenters. The Hall–Kier alpha value is 0.270. The molecule has 0 aromatic heterocycles. The van der Waals surface area contributed by atoms with E-state index in [1.165, 1.54) is 18.7 Å². The van der Waals surface area contributed by atoms with Gasteiger partial charge >= 0.3 is 0 Å². The van der Waals surface area contributed by atoms with Crippen LogP contribution in [0.3, 0.4) is 0 Å². The maximum absolute atomic E-state index is 8.76. The Morgan fingerprint density at radius 2 is 2.08 bits per heavy atom. The monoisotopic (exact) mass is 191 g/mol. The van der Waals surface area contributed by atoms with Gasteiger partial charge in [0.1, 0.15) is 0 Å². The molecule has 0 saturated carbocycles. The Kier molecular flexibility index (Phi) is 8.07. The maximum Gasteiger partial charge on any atom is 0.0464 e. The highest BCUT2D eigenvalue weighted by Gasteiger charge is 1.99. The van der Waals surface area contributed by atoms with Crippen LogP contribution in [0.25, 0.3) is 0 Å². The normalized spacial score (nSPS) is 13.8. The molecule has 0 bridgehead atoms. The molecule has 1 unspecified atom stereocenters. The van der Waals surface area contributed by atoms with Crippen molar-refractivity contribution >= 4 is 11.8 Å². The summed E-state index contributed by atoms with van der Waals surface area (Å²) in [6, 6.07) is 0. The smallest absolute Gasteiger partial charge is 0.0464 e. The predicted octanol–water partition coefficient (Wildman–Crippen LogP) is 1.30. The zero-order valence-electron chi connectivity index (χ0n) is 8.42. The number of aliphatic hydroxyl groups excluding tert-OH is 1. The number of rotatable bonds is 7. The van der Waals surface area contributed by atoms with Gasteiger partial charge < -0.3 is 10.0 Å². The molecule has 0 fully saturated rings. The first kappa shape index (κ1) is 12.3. The quantitative estimate of drug-likeness (QED) is 0.614. The van der Waals surface area contributed by atoms with E-state index in [0.717, 1.165) is 5.75 Å². The molecular weight excluding hydrogens is 170 g/mol. The average molecular weight is 191 g/mol. The minimum Gasteiger partial charge on any atom is -0.396 e. The van der Waals surface area contributed by atoms with E-state index in [1.807, 2.05) is 11.8 Å².